The van der Waals surface area contributed by atoms with Crippen LogP contribution in [0.4, 0.5) is 0 Å². The first-order chi connectivity index (χ1) is 11.4. The molecule has 1 saturated heterocycles. The minimum absolute atomic E-state index is 0.0318. The maximum Gasteiger partial charge on any atom is 0.233 e. The molecular weight excluding hydrogens is 290 g/mol. The van der Waals surface area contributed by atoms with Crippen LogP contribution in [0.3, 0.4) is 0 Å². The standard InChI is InChI=1S/C18H17N3O2/c1-2-5-13(6-3-1)16-15(7-4-12-22-16)18-20-17(21-23-18)14-8-10-19-11-9-14/h1-3,5-6,8-11,15-16H,4,7,12H2/t15-,16-/m1/s1. The Balaban J connectivity index is 1.64. The van der Waals surface area contributed by atoms with Crippen LogP contribution < -0.4 is 0 Å². The average Bonchev–Trinajstić information content (AvgIpc) is 3.13. The highest BCUT2D eigenvalue weighted by atomic mass is 16.5. The predicted molar refractivity (Wildman–Crippen MR) is 84.6 cm³/mol. The molecule has 0 N–H and O–H groups in total. The van der Waals surface area contributed by atoms with Gasteiger partial charge in [0.15, 0.2) is 0 Å². The Hall–Kier alpha value is -2.53. The smallest absolute Gasteiger partial charge is 0.233 e. The first-order valence-corrected chi connectivity index (χ1v) is 7.82. The van der Waals surface area contributed by atoms with E-state index in [9.17, 15) is 0 Å². The molecule has 3 heterocycles. The van der Waals surface area contributed by atoms with Gasteiger partial charge in [0, 0.05) is 24.6 Å². The van der Waals surface area contributed by atoms with Crippen LogP contribution in [-0.4, -0.2) is 21.7 Å². The van der Waals surface area contributed by atoms with E-state index in [4.69, 9.17) is 9.26 Å². The van der Waals surface area contributed by atoms with E-state index in [0.717, 1.165) is 30.6 Å². The SMILES string of the molecule is c1ccc([C@H]2OCCC[C@H]2c2nc(-c3ccncc3)no2)cc1. The highest BCUT2D eigenvalue weighted by Crippen LogP contribution is 2.40. The summed E-state index contributed by atoms with van der Waals surface area (Å²) in [7, 11) is 0. The largest absolute Gasteiger partial charge is 0.373 e. The van der Waals surface area contributed by atoms with Crippen molar-refractivity contribution in [1.82, 2.24) is 15.1 Å². The summed E-state index contributed by atoms with van der Waals surface area (Å²) in [6.45, 7) is 0.765. The maximum absolute atomic E-state index is 6.01. The Bertz CT molecular complexity index is 758. The third-order valence-corrected chi connectivity index (χ3v) is 4.15. The number of hydrogen-bond acceptors (Lipinski definition) is 5. The molecule has 5 nitrogen and oxygen atoms in total. The number of pyridine rings is 1. The molecule has 3 aromatic rings. The molecule has 2 aromatic heterocycles. The number of ether oxygens (including phenoxy) is 1. The van der Waals surface area contributed by atoms with E-state index in [0.29, 0.717) is 11.7 Å². The molecule has 4 rings (SSSR count). The zero-order chi connectivity index (χ0) is 15.5. The first-order valence-electron chi connectivity index (χ1n) is 7.82. The summed E-state index contributed by atoms with van der Waals surface area (Å²) in [6.07, 6.45) is 5.40. The molecule has 0 bridgehead atoms. The Kier molecular flexibility index (Phi) is 3.86. The molecule has 1 aliphatic rings. The topological polar surface area (TPSA) is 61.0 Å². The van der Waals surface area contributed by atoms with Crippen molar-refractivity contribution >= 4 is 0 Å². The molecule has 0 aliphatic carbocycles. The van der Waals surface area contributed by atoms with E-state index >= 15 is 0 Å². The van der Waals surface area contributed by atoms with Crippen molar-refractivity contribution in [2.24, 2.45) is 0 Å². The van der Waals surface area contributed by atoms with Gasteiger partial charge in [-0.2, -0.15) is 4.98 Å². The molecule has 1 aliphatic heterocycles. The van der Waals surface area contributed by atoms with Gasteiger partial charge in [-0.1, -0.05) is 35.5 Å². The zero-order valence-corrected chi connectivity index (χ0v) is 12.6. The highest BCUT2D eigenvalue weighted by Gasteiger charge is 2.33. The second-order valence-corrected chi connectivity index (χ2v) is 5.64. The van der Waals surface area contributed by atoms with Crippen molar-refractivity contribution in [2.45, 2.75) is 24.9 Å². The quantitative estimate of drug-likeness (QED) is 0.737. The Morgan fingerprint density at radius 3 is 2.65 bits per heavy atom. The fraction of sp³-hybridized carbons (Fsp3) is 0.278. The lowest BCUT2D eigenvalue weighted by atomic mass is 9.89. The van der Waals surface area contributed by atoms with Gasteiger partial charge in [0.25, 0.3) is 0 Å². The molecule has 116 valence electrons. The van der Waals surface area contributed by atoms with Crippen LogP contribution in [0, 0.1) is 0 Å². The highest BCUT2D eigenvalue weighted by molar-refractivity contribution is 5.52. The number of aromatic nitrogens is 3. The summed E-state index contributed by atoms with van der Waals surface area (Å²) in [4.78, 5) is 8.61. The third kappa shape index (κ3) is 2.87. The second kappa shape index (κ2) is 6.30. The molecule has 0 spiro atoms. The number of benzene rings is 1. The van der Waals surface area contributed by atoms with Gasteiger partial charge in [-0.3, -0.25) is 4.98 Å². The lowest BCUT2D eigenvalue weighted by Gasteiger charge is -2.29. The Morgan fingerprint density at radius 1 is 1.00 bits per heavy atom. The molecule has 2 atom stereocenters. The first kappa shape index (κ1) is 14.1. The molecule has 23 heavy (non-hydrogen) atoms. The summed E-state index contributed by atoms with van der Waals surface area (Å²) in [5, 5.41) is 4.12. The van der Waals surface area contributed by atoms with Gasteiger partial charge in [-0.25, -0.2) is 0 Å². The molecule has 0 radical (unpaired) electrons. The van der Waals surface area contributed by atoms with Crippen LogP contribution in [0.2, 0.25) is 0 Å². The van der Waals surface area contributed by atoms with Gasteiger partial charge >= 0.3 is 0 Å². The molecule has 0 amide bonds. The van der Waals surface area contributed by atoms with Gasteiger partial charge in [0.05, 0.1) is 12.0 Å². The average molecular weight is 307 g/mol. The van der Waals surface area contributed by atoms with Crippen LogP contribution >= 0.6 is 0 Å². The zero-order valence-electron chi connectivity index (χ0n) is 12.6. The van der Waals surface area contributed by atoms with Crippen molar-refractivity contribution in [3.8, 4) is 11.4 Å². The summed E-state index contributed by atoms with van der Waals surface area (Å²) < 4.78 is 11.6. The number of hydrogen-bond donors (Lipinski definition) is 0. The van der Waals surface area contributed by atoms with Gasteiger partial charge < -0.3 is 9.26 Å². The summed E-state index contributed by atoms with van der Waals surface area (Å²) in [5.74, 6) is 1.33. The van der Waals surface area contributed by atoms with E-state index < -0.39 is 0 Å². The molecule has 1 aromatic carbocycles. The lowest BCUT2D eigenvalue weighted by molar-refractivity contribution is -0.0103. The number of rotatable bonds is 3. The van der Waals surface area contributed by atoms with Crippen LogP contribution in [0.25, 0.3) is 11.4 Å². The van der Waals surface area contributed by atoms with E-state index in [2.05, 4.69) is 27.3 Å². The van der Waals surface area contributed by atoms with Crippen molar-refractivity contribution in [1.29, 1.82) is 0 Å². The molecule has 0 saturated carbocycles. The van der Waals surface area contributed by atoms with E-state index in [1.807, 2.05) is 30.3 Å². The Morgan fingerprint density at radius 2 is 1.83 bits per heavy atom. The van der Waals surface area contributed by atoms with E-state index in [1.165, 1.54) is 0 Å². The molecule has 5 heteroatoms. The predicted octanol–water partition coefficient (Wildman–Crippen LogP) is 3.77. The van der Waals surface area contributed by atoms with Crippen molar-refractivity contribution in [3.05, 3.63) is 66.3 Å². The van der Waals surface area contributed by atoms with Crippen LogP contribution in [0.5, 0.6) is 0 Å². The third-order valence-electron chi connectivity index (χ3n) is 4.15. The van der Waals surface area contributed by atoms with Crippen molar-refractivity contribution in [2.75, 3.05) is 6.61 Å². The minimum Gasteiger partial charge on any atom is -0.373 e. The molecular formula is C18H17N3O2. The number of nitrogens with zero attached hydrogens (tertiary/aromatic N) is 3. The van der Waals surface area contributed by atoms with E-state index in [1.54, 1.807) is 12.4 Å². The summed E-state index contributed by atoms with van der Waals surface area (Å²) in [6, 6.07) is 14.0. The second-order valence-electron chi connectivity index (χ2n) is 5.64. The fourth-order valence-electron chi connectivity index (χ4n) is 3.01. The summed E-state index contributed by atoms with van der Waals surface area (Å²) >= 11 is 0. The fourth-order valence-corrected chi connectivity index (χ4v) is 3.01. The lowest BCUT2D eigenvalue weighted by Crippen LogP contribution is -2.21. The molecule has 0 unspecified atom stereocenters. The summed E-state index contributed by atoms with van der Waals surface area (Å²) in [5.41, 5.74) is 2.06. The maximum atomic E-state index is 6.01. The van der Waals surface area contributed by atoms with Gasteiger partial charge in [-0.05, 0) is 30.5 Å². The van der Waals surface area contributed by atoms with Crippen LogP contribution in [0.1, 0.15) is 36.3 Å². The molecule has 1 fully saturated rings. The van der Waals surface area contributed by atoms with Crippen LogP contribution in [-0.2, 0) is 4.74 Å². The minimum atomic E-state index is -0.0318. The normalized spacial score (nSPS) is 21.2. The van der Waals surface area contributed by atoms with Gasteiger partial charge in [0.1, 0.15) is 0 Å². The van der Waals surface area contributed by atoms with E-state index in [-0.39, 0.29) is 12.0 Å². The Labute approximate surface area is 134 Å². The van der Waals surface area contributed by atoms with Crippen molar-refractivity contribution in [3.63, 3.8) is 0 Å². The van der Waals surface area contributed by atoms with Crippen molar-refractivity contribution < 1.29 is 9.26 Å². The monoisotopic (exact) mass is 307 g/mol. The van der Waals surface area contributed by atoms with Crippen LogP contribution in [0.15, 0.2) is 59.4 Å². The van der Waals surface area contributed by atoms with Gasteiger partial charge in [0.2, 0.25) is 11.7 Å². The van der Waals surface area contributed by atoms with Gasteiger partial charge in [-0.15, -0.1) is 0 Å².